The minimum atomic E-state index is -0.489. The van der Waals surface area contributed by atoms with Gasteiger partial charge in [-0.15, -0.1) is 0 Å². The number of aryl methyl sites for hydroxylation is 1. The molecule has 2 amide bonds. The van der Waals surface area contributed by atoms with Gasteiger partial charge in [-0.3, -0.25) is 19.7 Å². The third-order valence-electron chi connectivity index (χ3n) is 5.64. The highest BCUT2D eigenvalue weighted by Crippen LogP contribution is 2.57. The highest BCUT2D eigenvalue weighted by atomic mass is 16.6. The molecule has 1 aliphatic heterocycles. The molecule has 0 spiro atoms. The van der Waals surface area contributed by atoms with Gasteiger partial charge in [-0.1, -0.05) is 29.4 Å². The van der Waals surface area contributed by atoms with Gasteiger partial charge in [0.2, 0.25) is 11.8 Å². The average Bonchev–Trinajstić information content (AvgIpc) is 3.18. The van der Waals surface area contributed by atoms with Crippen molar-refractivity contribution in [2.45, 2.75) is 20.8 Å². The number of hydrogen-bond acceptors (Lipinski definition) is 4. The molecule has 0 N–H and O–H groups in total. The average molecular weight is 338 g/mol. The van der Waals surface area contributed by atoms with Crippen LogP contribution in [0.25, 0.3) is 0 Å². The first-order chi connectivity index (χ1) is 11.8. The summed E-state index contributed by atoms with van der Waals surface area (Å²) >= 11 is 0. The van der Waals surface area contributed by atoms with Crippen LogP contribution in [0.3, 0.4) is 0 Å². The van der Waals surface area contributed by atoms with Crippen LogP contribution in [0.2, 0.25) is 0 Å². The Labute approximate surface area is 145 Å². The molecule has 1 aromatic carbocycles. The van der Waals surface area contributed by atoms with Crippen molar-refractivity contribution in [2.24, 2.45) is 23.7 Å². The number of anilines is 1. The van der Waals surface area contributed by atoms with E-state index >= 15 is 0 Å². The zero-order valence-corrected chi connectivity index (χ0v) is 14.2. The number of fused-ring (bicyclic) bond motifs is 5. The van der Waals surface area contributed by atoms with Crippen LogP contribution >= 0.6 is 0 Å². The molecule has 1 saturated carbocycles. The van der Waals surface area contributed by atoms with Crippen LogP contribution in [-0.4, -0.2) is 16.7 Å². The number of carbonyl (C=O) groups excluding carboxylic acids is 2. The number of nitro groups is 1. The molecule has 0 radical (unpaired) electrons. The molecule has 6 heteroatoms. The number of rotatable bonds is 2. The number of hydrogen-bond donors (Lipinski definition) is 0. The van der Waals surface area contributed by atoms with Crippen LogP contribution < -0.4 is 4.90 Å². The van der Waals surface area contributed by atoms with Gasteiger partial charge in [-0.25, -0.2) is 4.90 Å². The van der Waals surface area contributed by atoms with E-state index in [4.69, 9.17) is 0 Å². The van der Waals surface area contributed by atoms with E-state index < -0.39 is 4.92 Å². The Morgan fingerprint density at radius 3 is 2.12 bits per heavy atom. The van der Waals surface area contributed by atoms with Gasteiger partial charge >= 0.3 is 0 Å². The van der Waals surface area contributed by atoms with Crippen molar-refractivity contribution in [3.63, 3.8) is 0 Å². The van der Waals surface area contributed by atoms with E-state index in [1.165, 1.54) is 11.6 Å². The molecule has 3 aliphatic rings. The van der Waals surface area contributed by atoms with Gasteiger partial charge in [0, 0.05) is 23.5 Å². The smallest absolute Gasteiger partial charge is 0.274 e. The van der Waals surface area contributed by atoms with Crippen molar-refractivity contribution in [3.05, 3.63) is 57.2 Å². The predicted molar refractivity (Wildman–Crippen MR) is 91.8 cm³/mol. The second-order valence-corrected chi connectivity index (χ2v) is 7.18. The minimum Gasteiger partial charge on any atom is -0.274 e. The standard InChI is InChI=1S/C19H18N2O4/c1-9(2)15-12-6-7-13(15)17-16(12)18(22)20(19(17)23)11-5-4-10(3)14(8-11)21(24)25/h4-8,12-13,16-17H,1-3H3/t12-,13-,16-,17+/m1/s1. The molecule has 1 heterocycles. The van der Waals surface area contributed by atoms with Crippen LogP contribution in [0.4, 0.5) is 11.4 Å². The SMILES string of the molecule is CC(C)=C1[C@H]2C=C[C@H]1[C@H]1C(=O)N(c3ccc(C)c([N+](=O)[O-])c3)C(=O)[C@H]12. The van der Waals surface area contributed by atoms with Gasteiger partial charge in [0.1, 0.15) is 0 Å². The van der Waals surface area contributed by atoms with Crippen LogP contribution in [-0.2, 0) is 9.59 Å². The molecule has 2 aliphatic carbocycles. The number of nitro benzene ring substituents is 1. The molecule has 25 heavy (non-hydrogen) atoms. The lowest BCUT2D eigenvalue weighted by Gasteiger charge is -2.19. The number of amides is 2. The zero-order valence-electron chi connectivity index (χ0n) is 14.2. The molecule has 1 aromatic rings. The summed E-state index contributed by atoms with van der Waals surface area (Å²) in [5.74, 6) is -1.31. The number of imide groups is 1. The summed E-state index contributed by atoms with van der Waals surface area (Å²) < 4.78 is 0. The normalized spacial score (nSPS) is 29.6. The quantitative estimate of drug-likeness (QED) is 0.359. The summed E-state index contributed by atoms with van der Waals surface area (Å²) in [5, 5.41) is 11.2. The molecular weight excluding hydrogens is 320 g/mol. The fraction of sp³-hybridized carbons (Fsp3) is 0.368. The Morgan fingerprint density at radius 1 is 1.08 bits per heavy atom. The molecule has 6 nitrogen and oxygen atoms in total. The first kappa shape index (κ1) is 15.7. The highest BCUT2D eigenvalue weighted by molar-refractivity contribution is 6.23. The fourth-order valence-corrected chi connectivity index (χ4v) is 4.62. The molecular formula is C19H18N2O4. The van der Waals surface area contributed by atoms with Crippen LogP contribution in [0.1, 0.15) is 19.4 Å². The molecule has 1 saturated heterocycles. The first-order valence-electron chi connectivity index (χ1n) is 8.31. The lowest BCUT2D eigenvalue weighted by Crippen LogP contribution is -2.33. The second kappa shape index (κ2) is 5.12. The van der Waals surface area contributed by atoms with Crippen molar-refractivity contribution < 1.29 is 14.5 Å². The summed E-state index contributed by atoms with van der Waals surface area (Å²) in [5.41, 5.74) is 3.06. The van der Waals surface area contributed by atoms with Crippen molar-refractivity contribution in [2.75, 3.05) is 4.90 Å². The Bertz CT molecular complexity index is 861. The van der Waals surface area contributed by atoms with E-state index in [1.807, 2.05) is 26.0 Å². The maximum Gasteiger partial charge on any atom is 0.274 e. The third kappa shape index (κ3) is 1.97. The summed E-state index contributed by atoms with van der Waals surface area (Å²) in [6.07, 6.45) is 4.06. The minimum absolute atomic E-state index is 0.0260. The van der Waals surface area contributed by atoms with E-state index in [-0.39, 0.29) is 41.2 Å². The van der Waals surface area contributed by atoms with Crippen molar-refractivity contribution in [1.29, 1.82) is 0 Å². The molecule has 2 fully saturated rings. The Hall–Kier alpha value is -2.76. The first-order valence-corrected chi connectivity index (χ1v) is 8.31. The van der Waals surface area contributed by atoms with Crippen LogP contribution in [0, 0.1) is 40.7 Å². The fourth-order valence-electron chi connectivity index (χ4n) is 4.62. The Kier molecular flexibility index (Phi) is 3.22. The van der Waals surface area contributed by atoms with Gasteiger partial charge in [0.05, 0.1) is 22.4 Å². The van der Waals surface area contributed by atoms with Gasteiger partial charge in [-0.05, 0) is 26.8 Å². The Morgan fingerprint density at radius 2 is 1.64 bits per heavy atom. The summed E-state index contributed by atoms with van der Waals surface area (Å²) in [6, 6.07) is 4.51. The Balaban J connectivity index is 1.76. The summed E-state index contributed by atoms with van der Waals surface area (Å²) in [7, 11) is 0. The molecule has 4 atom stereocenters. The number of carbonyl (C=O) groups is 2. The monoisotopic (exact) mass is 338 g/mol. The summed E-state index contributed by atoms with van der Waals surface area (Å²) in [4.78, 5) is 37.8. The second-order valence-electron chi connectivity index (χ2n) is 7.18. The number of benzene rings is 1. The molecule has 128 valence electrons. The van der Waals surface area contributed by atoms with E-state index in [2.05, 4.69) is 0 Å². The van der Waals surface area contributed by atoms with Crippen molar-refractivity contribution in [3.8, 4) is 0 Å². The maximum atomic E-state index is 13.0. The van der Waals surface area contributed by atoms with Crippen LogP contribution in [0.15, 0.2) is 41.5 Å². The summed E-state index contributed by atoms with van der Waals surface area (Å²) in [6.45, 7) is 5.66. The van der Waals surface area contributed by atoms with Gasteiger partial charge < -0.3 is 0 Å². The van der Waals surface area contributed by atoms with E-state index in [1.54, 1.807) is 19.1 Å². The maximum absolute atomic E-state index is 13.0. The predicted octanol–water partition coefficient (Wildman–Crippen LogP) is 3.16. The van der Waals surface area contributed by atoms with E-state index in [0.29, 0.717) is 11.3 Å². The zero-order chi connectivity index (χ0) is 18.0. The molecule has 0 aromatic heterocycles. The van der Waals surface area contributed by atoms with Crippen molar-refractivity contribution in [1.82, 2.24) is 0 Å². The van der Waals surface area contributed by atoms with Crippen molar-refractivity contribution >= 4 is 23.2 Å². The molecule has 0 unspecified atom stereocenters. The largest absolute Gasteiger partial charge is 0.274 e. The lowest BCUT2D eigenvalue weighted by molar-refractivity contribution is -0.385. The molecule has 2 bridgehead atoms. The van der Waals surface area contributed by atoms with Crippen LogP contribution in [0.5, 0.6) is 0 Å². The van der Waals surface area contributed by atoms with E-state index in [0.717, 1.165) is 10.5 Å². The van der Waals surface area contributed by atoms with Gasteiger partial charge in [0.15, 0.2) is 0 Å². The van der Waals surface area contributed by atoms with Gasteiger partial charge in [0.25, 0.3) is 5.69 Å². The van der Waals surface area contributed by atoms with E-state index in [9.17, 15) is 19.7 Å². The third-order valence-corrected chi connectivity index (χ3v) is 5.64. The lowest BCUT2D eigenvalue weighted by atomic mass is 9.85. The topological polar surface area (TPSA) is 80.5 Å². The number of allylic oxidation sites excluding steroid dienone is 4. The molecule has 4 rings (SSSR count). The highest BCUT2D eigenvalue weighted by Gasteiger charge is 2.62. The van der Waals surface area contributed by atoms with Gasteiger partial charge in [-0.2, -0.15) is 0 Å². The number of nitrogens with zero attached hydrogens (tertiary/aromatic N) is 2.